The van der Waals surface area contributed by atoms with E-state index in [-0.39, 0.29) is 12.1 Å². The Hall–Kier alpha value is -2.24. The van der Waals surface area contributed by atoms with Crippen LogP contribution in [0.2, 0.25) is 0 Å². The summed E-state index contributed by atoms with van der Waals surface area (Å²) in [6, 6.07) is 9.24. The fourth-order valence-corrected chi connectivity index (χ4v) is 2.11. The summed E-state index contributed by atoms with van der Waals surface area (Å²) in [5, 5.41) is 2.85. The topological polar surface area (TPSA) is 55.9 Å². The molecule has 0 saturated carbocycles. The molecule has 108 valence electrons. The summed E-state index contributed by atoms with van der Waals surface area (Å²) in [7, 11) is 3.47. The number of amides is 4. The van der Waals surface area contributed by atoms with Gasteiger partial charge in [-0.3, -0.25) is 0 Å². The number of piperazine rings is 1. The molecule has 6 nitrogen and oxygen atoms in total. The van der Waals surface area contributed by atoms with Crippen molar-refractivity contribution in [1.29, 1.82) is 0 Å². The molecular weight excluding hydrogens is 256 g/mol. The van der Waals surface area contributed by atoms with Crippen molar-refractivity contribution in [3.63, 3.8) is 0 Å². The minimum absolute atomic E-state index is 0.00637. The summed E-state index contributed by atoms with van der Waals surface area (Å²) >= 11 is 0. The van der Waals surface area contributed by atoms with Crippen LogP contribution in [-0.4, -0.2) is 67.0 Å². The molecule has 6 heteroatoms. The number of nitrogens with zero attached hydrogens (tertiary/aromatic N) is 3. The lowest BCUT2D eigenvalue weighted by atomic mass is 10.3. The van der Waals surface area contributed by atoms with Gasteiger partial charge < -0.3 is 20.0 Å². The van der Waals surface area contributed by atoms with Crippen molar-refractivity contribution < 1.29 is 9.59 Å². The molecule has 1 N–H and O–H groups in total. The molecule has 0 aliphatic carbocycles. The second kappa shape index (κ2) is 6.27. The van der Waals surface area contributed by atoms with E-state index in [1.807, 2.05) is 30.3 Å². The number of nitrogens with one attached hydrogen (secondary N) is 1. The van der Waals surface area contributed by atoms with E-state index in [1.165, 1.54) is 0 Å². The van der Waals surface area contributed by atoms with Crippen LogP contribution in [0.3, 0.4) is 0 Å². The van der Waals surface area contributed by atoms with Crippen LogP contribution in [0.15, 0.2) is 30.3 Å². The van der Waals surface area contributed by atoms with Gasteiger partial charge in [-0.1, -0.05) is 18.2 Å². The van der Waals surface area contributed by atoms with Gasteiger partial charge in [0.15, 0.2) is 0 Å². The molecule has 20 heavy (non-hydrogen) atoms. The summed E-state index contributed by atoms with van der Waals surface area (Å²) in [6.45, 7) is 2.24. The van der Waals surface area contributed by atoms with Crippen molar-refractivity contribution in [3.8, 4) is 0 Å². The maximum atomic E-state index is 12.1. The highest BCUT2D eigenvalue weighted by atomic mass is 16.2. The molecular formula is C14H20N4O2. The van der Waals surface area contributed by atoms with E-state index in [9.17, 15) is 9.59 Å². The molecule has 2 rings (SSSR count). The van der Waals surface area contributed by atoms with Crippen molar-refractivity contribution in [2.24, 2.45) is 0 Å². The zero-order valence-corrected chi connectivity index (χ0v) is 11.9. The number of anilines is 1. The predicted octanol–water partition coefficient (Wildman–Crippen LogP) is 1.52. The Morgan fingerprint density at radius 1 is 1.00 bits per heavy atom. The summed E-state index contributed by atoms with van der Waals surface area (Å²) < 4.78 is 0. The highest BCUT2D eigenvalue weighted by Gasteiger charge is 2.24. The van der Waals surface area contributed by atoms with Crippen molar-refractivity contribution in [1.82, 2.24) is 14.7 Å². The first-order chi connectivity index (χ1) is 9.58. The number of carbonyl (C=O) groups is 2. The third-order valence-electron chi connectivity index (χ3n) is 3.25. The standard InChI is InChI=1S/C14H20N4O2/c1-16(2)14(20)18-10-8-17(9-11-18)13(19)15-12-6-4-3-5-7-12/h3-7H,8-11H2,1-2H3,(H,15,19). The Kier molecular flexibility index (Phi) is 4.45. The molecule has 1 aliphatic rings. The van der Waals surface area contributed by atoms with Gasteiger partial charge in [0.25, 0.3) is 0 Å². The Morgan fingerprint density at radius 2 is 1.55 bits per heavy atom. The molecule has 0 unspecified atom stereocenters. The lowest BCUT2D eigenvalue weighted by Crippen LogP contribution is -2.53. The van der Waals surface area contributed by atoms with Crippen LogP contribution in [0.4, 0.5) is 15.3 Å². The Labute approximate surface area is 118 Å². The van der Waals surface area contributed by atoms with Crippen LogP contribution in [0.5, 0.6) is 0 Å². The molecule has 1 fully saturated rings. The lowest BCUT2D eigenvalue weighted by Gasteiger charge is -2.35. The van der Waals surface area contributed by atoms with Crippen molar-refractivity contribution in [2.45, 2.75) is 0 Å². The molecule has 1 aromatic rings. The molecule has 0 atom stereocenters. The van der Waals surface area contributed by atoms with Crippen LogP contribution < -0.4 is 5.32 Å². The fraction of sp³-hybridized carbons (Fsp3) is 0.429. The number of para-hydroxylation sites is 1. The monoisotopic (exact) mass is 276 g/mol. The first kappa shape index (κ1) is 14.2. The minimum atomic E-state index is -0.117. The van der Waals surface area contributed by atoms with E-state index in [0.717, 1.165) is 5.69 Å². The number of urea groups is 2. The maximum absolute atomic E-state index is 12.1. The van der Waals surface area contributed by atoms with Gasteiger partial charge in [-0.05, 0) is 12.1 Å². The van der Waals surface area contributed by atoms with Crippen LogP contribution in [0.25, 0.3) is 0 Å². The van der Waals surface area contributed by atoms with Crippen LogP contribution >= 0.6 is 0 Å². The average Bonchev–Trinajstić information content (AvgIpc) is 2.47. The van der Waals surface area contributed by atoms with E-state index >= 15 is 0 Å². The smallest absolute Gasteiger partial charge is 0.321 e. The maximum Gasteiger partial charge on any atom is 0.321 e. The molecule has 1 aromatic carbocycles. The normalized spacial score (nSPS) is 14.9. The second-order valence-corrected chi connectivity index (χ2v) is 4.95. The minimum Gasteiger partial charge on any atom is -0.331 e. The zero-order chi connectivity index (χ0) is 14.5. The average molecular weight is 276 g/mol. The number of benzene rings is 1. The van der Waals surface area contributed by atoms with E-state index in [0.29, 0.717) is 26.2 Å². The Balaban J connectivity index is 1.84. The number of hydrogen-bond acceptors (Lipinski definition) is 2. The molecule has 0 radical (unpaired) electrons. The van der Waals surface area contributed by atoms with Crippen molar-refractivity contribution in [3.05, 3.63) is 30.3 Å². The summed E-state index contributed by atoms with van der Waals surface area (Å²) in [5.74, 6) is 0. The molecule has 0 spiro atoms. The highest BCUT2D eigenvalue weighted by molar-refractivity contribution is 5.89. The van der Waals surface area contributed by atoms with Crippen LogP contribution in [0, 0.1) is 0 Å². The summed E-state index contributed by atoms with van der Waals surface area (Å²) in [5.41, 5.74) is 0.782. The molecule has 0 bridgehead atoms. The summed E-state index contributed by atoms with van der Waals surface area (Å²) in [4.78, 5) is 28.9. The first-order valence-corrected chi connectivity index (χ1v) is 6.65. The zero-order valence-electron chi connectivity index (χ0n) is 11.9. The van der Waals surface area contributed by atoms with Gasteiger partial charge in [-0.2, -0.15) is 0 Å². The molecule has 1 saturated heterocycles. The molecule has 1 heterocycles. The predicted molar refractivity (Wildman–Crippen MR) is 77.7 cm³/mol. The van der Waals surface area contributed by atoms with Gasteiger partial charge in [0.05, 0.1) is 0 Å². The van der Waals surface area contributed by atoms with Crippen molar-refractivity contribution in [2.75, 3.05) is 45.6 Å². The molecule has 4 amide bonds. The quantitative estimate of drug-likeness (QED) is 0.845. The molecule has 0 aromatic heterocycles. The van der Waals surface area contributed by atoms with Crippen LogP contribution in [0.1, 0.15) is 0 Å². The van der Waals surface area contributed by atoms with Gasteiger partial charge in [-0.15, -0.1) is 0 Å². The Morgan fingerprint density at radius 3 is 2.10 bits per heavy atom. The van der Waals surface area contributed by atoms with E-state index < -0.39 is 0 Å². The fourth-order valence-electron chi connectivity index (χ4n) is 2.11. The van der Waals surface area contributed by atoms with Gasteiger partial charge in [-0.25, -0.2) is 9.59 Å². The van der Waals surface area contributed by atoms with Crippen LogP contribution in [-0.2, 0) is 0 Å². The van der Waals surface area contributed by atoms with Crippen molar-refractivity contribution >= 4 is 17.7 Å². The van der Waals surface area contributed by atoms with Gasteiger partial charge in [0.2, 0.25) is 0 Å². The Bertz CT molecular complexity index is 467. The van der Waals surface area contributed by atoms with E-state index in [4.69, 9.17) is 0 Å². The van der Waals surface area contributed by atoms with E-state index in [2.05, 4.69) is 5.32 Å². The number of carbonyl (C=O) groups excluding carboxylic acids is 2. The summed E-state index contributed by atoms with van der Waals surface area (Å²) in [6.07, 6.45) is 0. The lowest BCUT2D eigenvalue weighted by molar-refractivity contribution is 0.133. The number of hydrogen-bond donors (Lipinski definition) is 1. The van der Waals surface area contributed by atoms with Gasteiger partial charge in [0.1, 0.15) is 0 Å². The second-order valence-electron chi connectivity index (χ2n) is 4.95. The third-order valence-corrected chi connectivity index (χ3v) is 3.25. The third kappa shape index (κ3) is 3.40. The largest absolute Gasteiger partial charge is 0.331 e. The number of rotatable bonds is 1. The highest BCUT2D eigenvalue weighted by Crippen LogP contribution is 2.09. The SMILES string of the molecule is CN(C)C(=O)N1CCN(C(=O)Nc2ccccc2)CC1. The molecule has 1 aliphatic heterocycles. The van der Waals surface area contributed by atoms with E-state index in [1.54, 1.807) is 28.8 Å². The first-order valence-electron chi connectivity index (χ1n) is 6.65. The van der Waals surface area contributed by atoms with Gasteiger partial charge in [0, 0.05) is 46.0 Å². The van der Waals surface area contributed by atoms with Gasteiger partial charge >= 0.3 is 12.1 Å².